The minimum Gasteiger partial charge on any atom is -0.361 e. The molecule has 10 heteroatoms. The summed E-state index contributed by atoms with van der Waals surface area (Å²) < 4.78 is 5.44. The van der Waals surface area contributed by atoms with Crippen molar-refractivity contribution in [2.45, 2.75) is 18.2 Å². The number of hydrogen-bond acceptors (Lipinski definition) is 8. The van der Waals surface area contributed by atoms with Gasteiger partial charge in [-0.3, -0.25) is 14.9 Å². The van der Waals surface area contributed by atoms with Gasteiger partial charge in [-0.05, 0) is 31.5 Å². The molecular weight excluding hydrogens is 374 g/mol. The van der Waals surface area contributed by atoms with E-state index in [1.165, 1.54) is 29.2 Å². The van der Waals surface area contributed by atoms with Crippen molar-refractivity contribution in [2.75, 3.05) is 16.4 Å². The number of carbonyl (C=O) groups excluding carboxylic acids is 2. The van der Waals surface area contributed by atoms with E-state index in [0.717, 1.165) is 11.3 Å². The Hall–Kier alpha value is -2.72. The first-order valence-corrected chi connectivity index (χ1v) is 9.37. The number of hydrogen-bond donors (Lipinski definition) is 2. The van der Waals surface area contributed by atoms with Crippen molar-refractivity contribution in [3.63, 3.8) is 0 Å². The van der Waals surface area contributed by atoms with Crippen LogP contribution in [0.1, 0.15) is 21.8 Å². The van der Waals surface area contributed by atoms with Crippen molar-refractivity contribution in [2.24, 2.45) is 0 Å². The Morgan fingerprint density at radius 1 is 1.19 bits per heavy atom. The number of benzene rings is 1. The van der Waals surface area contributed by atoms with Gasteiger partial charge >= 0.3 is 0 Å². The molecule has 1 aromatic carbocycles. The van der Waals surface area contributed by atoms with E-state index in [0.29, 0.717) is 15.2 Å². The lowest BCUT2D eigenvalue weighted by atomic mass is 10.2. The predicted molar refractivity (Wildman–Crippen MR) is 99.6 cm³/mol. The molecule has 0 aliphatic heterocycles. The fourth-order valence-corrected chi connectivity index (χ4v) is 3.55. The van der Waals surface area contributed by atoms with Crippen LogP contribution < -0.4 is 10.6 Å². The average Bonchev–Trinajstić information content (AvgIpc) is 3.22. The van der Waals surface area contributed by atoms with Gasteiger partial charge in [0.15, 0.2) is 10.0 Å². The van der Waals surface area contributed by atoms with E-state index in [-0.39, 0.29) is 17.4 Å². The molecule has 2 N–H and O–H groups in total. The minimum atomic E-state index is -0.424. The number of nitrogens with zero attached hydrogens (tertiary/aromatic N) is 3. The largest absolute Gasteiger partial charge is 0.361 e. The summed E-state index contributed by atoms with van der Waals surface area (Å²) in [5.41, 5.74) is 2.00. The molecule has 2 amide bonds. The second-order valence-corrected chi connectivity index (χ2v) is 7.56. The average molecular weight is 389 g/mol. The quantitative estimate of drug-likeness (QED) is 0.492. The van der Waals surface area contributed by atoms with Crippen LogP contribution in [0.25, 0.3) is 0 Å². The highest BCUT2D eigenvalue weighted by Crippen LogP contribution is 2.26. The molecule has 2 heterocycles. The monoisotopic (exact) mass is 389 g/mol. The van der Waals surface area contributed by atoms with E-state index >= 15 is 0 Å². The molecule has 0 fully saturated rings. The predicted octanol–water partition coefficient (Wildman–Crippen LogP) is 3.13. The first-order chi connectivity index (χ1) is 12.5. The lowest BCUT2D eigenvalue weighted by Gasteiger charge is -2.04. The van der Waals surface area contributed by atoms with Gasteiger partial charge in [0.2, 0.25) is 11.0 Å². The normalized spacial score (nSPS) is 10.5. The lowest BCUT2D eigenvalue weighted by molar-refractivity contribution is -0.113. The summed E-state index contributed by atoms with van der Waals surface area (Å²) >= 11 is 2.43. The molecule has 134 valence electrons. The summed E-state index contributed by atoms with van der Waals surface area (Å²) in [6, 6.07) is 9.10. The first kappa shape index (κ1) is 18.1. The van der Waals surface area contributed by atoms with Gasteiger partial charge in [0.1, 0.15) is 5.76 Å². The molecule has 26 heavy (non-hydrogen) atoms. The second-order valence-electron chi connectivity index (χ2n) is 5.36. The van der Waals surface area contributed by atoms with Gasteiger partial charge in [0.05, 0.1) is 5.75 Å². The van der Waals surface area contributed by atoms with Gasteiger partial charge in [-0.2, -0.15) is 0 Å². The van der Waals surface area contributed by atoms with Crippen LogP contribution in [-0.4, -0.2) is 32.9 Å². The standard InChI is InChI=1S/C16H15N5O3S2/c1-9-4-3-5-11(6-9)17-13(22)8-25-16-20-19-15(26-16)18-14(23)12-7-10(2)24-21-12/h3-7H,8H2,1-2H3,(H,17,22)(H,18,19,23). The number of nitrogens with one attached hydrogen (secondary N) is 2. The Labute approximate surface area is 157 Å². The molecule has 0 radical (unpaired) electrons. The fraction of sp³-hybridized carbons (Fsp3) is 0.188. The number of carbonyl (C=O) groups is 2. The molecule has 0 aliphatic rings. The third-order valence-corrected chi connectivity index (χ3v) is 5.09. The SMILES string of the molecule is Cc1cccc(NC(=O)CSc2nnc(NC(=O)c3cc(C)on3)s2)c1. The number of rotatable bonds is 6. The van der Waals surface area contributed by atoms with Crippen LogP contribution in [0.2, 0.25) is 0 Å². The van der Waals surface area contributed by atoms with E-state index < -0.39 is 5.91 Å². The van der Waals surface area contributed by atoms with E-state index in [1.807, 2.05) is 31.2 Å². The maximum Gasteiger partial charge on any atom is 0.279 e. The minimum absolute atomic E-state index is 0.139. The maximum absolute atomic E-state index is 12.0. The van der Waals surface area contributed by atoms with Gasteiger partial charge in [0.25, 0.3) is 5.91 Å². The highest BCUT2D eigenvalue weighted by Gasteiger charge is 2.14. The summed E-state index contributed by atoms with van der Waals surface area (Å²) in [6.45, 7) is 3.66. The van der Waals surface area contributed by atoms with Crippen LogP contribution in [0.3, 0.4) is 0 Å². The maximum atomic E-state index is 12.0. The van der Waals surface area contributed by atoms with Crippen LogP contribution in [0, 0.1) is 13.8 Å². The van der Waals surface area contributed by atoms with Crippen molar-refractivity contribution in [1.82, 2.24) is 15.4 Å². The van der Waals surface area contributed by atoms with Gasteiger partial charge in [-0.15, -0.1) is 10.2 Å². The van der Waals surface area contributed by atoms with Crippen molar-refractivity contribution >= 4 is 45.7 Å². The molecule has 0 spiro atoms. The smallest absolute Gasteiger partial charge is 0.279 e. The molecule has 8 nitrogen and oxygen atoms in total. The van der Waals surface area contributed by atoms with Crippen LogP contribution in [0.4, 0.5) is 10.8 Å². The van der Waals surface area contributed by atoms with Crippen LogP contribution in [0.5, 0.6) is 0 Å². The van der Waals surface area contributed by atoms with Crippen LogP contribution in [0.15, 0.2) is 39.2 Å². The van der Waals surface area contributed by atoms with Crippen LogP contribution in [-0.2, 0) is 4.79 Å². The zero-order valence-electron chi connectivity index (χ0n) is 14.0. The van der Waals surface area contributed by atoms with E-state index in [9.17, 15) is 9.59 Å². The summed E-state index contributed by atoms with van der Waals surface area (Å²) in [7, 11) is 0. The molecule has 0 unspecified atom stereocenters. The zero-order chi connectivity index (χ0) is 18.5. The molecule has 2 aromatic heterocycles. The van der Waals surface area contributed by atoms with Gasteiger partial charge < -0.3 is 9.84 Å². The highest BCUT2D eigenvalue weighted by molar-refractivity contribution is 8.01. The highest BCUT2D eigenvalue weighted by atomic mass is 32.2. The summed E-state index contributed by atoms with van der Waals surface area (Å²) in [4.78, 5) is 24.0. The molecule has 0 bridgehead atoms. The third-order valence-electron chi connectivity index (χ3n) is 3.12. The number of anilines is 2. The number of amides is 2. The number of aryl methyl sites for hydroxylation is 2. The zero-order valence-corrected chi connectivity index (χ0v) is 15.6. The topological polar surface area (TPSA) is 110 Å². The molecule has 0 saturated heterocycles. The molecule has 0 atom stereocenters. The summed E-state index contributed by atoms with van der Waals surface area (Å²) in [6.07, 6.45) is 0. The van der Waals surface area contributed by atoms with Gasteiger partial charge in [-0.1, -0.05) is 40.4 Å². The van der Waals surface area contributed by atoms with Crippen molar-refractivity contribution in [3.8, 4) is 0 Å². The third kappa shape index (κ3) is 4.90. The second kappa shape index (κ2) is 8.11. The van der Waals surface area contributed by atoms with Gasteiger partial charge in [0, 0.05) is 11.8 Å². The Morgan fingerprint density at radius 3 is 2.77 bits per heavy atom. The van der Waals surface area contributed by atoms with Gasteiger partial charge in [-0.25, -0.2) is 0 Å². The Bertz CT molecular complexity index is 937. The molecule has 3 aromatic rings. The number of thioether (sulfide) groups is 1. The van der Waals surface area contributed by atoms with E-state index in [1.54, 1.807) is 6.92 Å². The van der Waals surface area contributed by atoms with E-state index in [2.05, 4.69) is 26.0 Å². The van der Waals surface area contributed by atoms with Crippen molar-refractivity contribution < 1.29 is 14.1 Å². The Morgan fingerprint density at radius 2 is 2.04 bits per heavy atom. The summed E-state index contributed by atoms with van der Waals surface area (Å²) in [5, 5.41) is 17.2. The van der Waals surface area contributed by atoms with E-state index in [4.69, 9.17) is 4.52 Å². The Balaban J connectivity index is 1.50. The molecular formula is C16H15N5O3S2. The number of aromatic nitrogens is 3. The molecule has 3 rings (SSSR count). The fourth-order valence-electron chi connectivity index (χ4n) is 2.00. The van der Waals surface area contributed by atoms with Crippen molar-refractivity contribution in [3.05, 3.63) is 47.3 Å². The lowest BCUT2D eigenvalue weighted by Crippen LogP contribution is -2.13. The molecule has 0 saturated carbocycles. The summed E-state index contributed by atoms with van der Waals surface area (Å²) in [5.74, 6) is 0.174. The first-order valence-electron chi connectivity index (χ1n) is 7.57. The van der Waals surface area contributed by atoms with Crippen molar-refractivity contribution in [1.29, 1.82) is 0 Å². The molecule has 0 aliphatic carbocycles. The van der Waals surface area contributed by atoms with Crippen LogP contribution >= 0.6 is 23.1 Å². The Kier molecular flexibility index (Phi) is 5.64.